The summed E-state index contributed by atoms with van der Waals surface area (Å²) in [6, 6.07) is 4.81. The van der Waals surface area contributed by atoms with Gasteiger partial charge in [-0.3, -0.25) is 10.1 Å². The Morgan fingerprint density at radius 2 is 2.26 bits per heavy atom. The van der Waals surface area contributed by atoms with Gasteiger partial charge in [0.05, 0.1) is 18.6 Å². The summed E-state index contributed by atoms with van der Waals surface area (Å²) in [5.74, 6) is 0.393. The van der Waals surface area contributed by atoms with Crippen LogP contribution in [0.25, 0.3) is 5.76 Å². The Balaban J connectivity index is 2.86. The molecule has 104 valence electrons. The van der Waals surface area contributed by atoms with E-state index in [9.17, 15) is 10.1 Å². The number of nitrogens with zero attached hydrogens (tertiary/aromatic N) is 1. The zero-order valence-corrected chi connectivity index (χ0v) is 11.1. The molecule has 0 saturated carbocycles. The number of benzene rings is 1. The van der Waals surface area contributed by atoms with Gasteiger partial charge in [-0.2, -0.15) is 0 Å². The Morgan fingerprint density at radius 3 is 2.84 bits per heavy atom. The van der Waals surface area contributed by atoms with Gasteiger partial charge in [0, 0.05) is 24.8 Å². The Hall–Kier alpha value is -2.08. The second kappa shape index (κ2) is 7.38. The minimum Gasteiger partial charge on any atom is -0.497 e. The van der Waals surface area contributed by atoms with Crippen molar-refractivity contribution in [2.24, 2.45) is 0 Å². The van der Waals surface area contributed by atoms with Gasteiger partial charge in [0.15, 0.2) is 0 Å². The number of nitro groups is 1. The van der Waals surface area contributed by atoms with Gasteiger partial charge in [-0.15, -0.1) is 0 Å². The molecule has 1 aromatic carbocycles. The third-order valence-corrected chi connectivity index (χ3v) is 2.53. The number of nitro benzene ring substituents is 1. The highest BCUT2D eigenvalue weighted by Crippen LogP contribution is 2.28. The van der Waals surface area contributed by atoms with E-state index in [1.54, 1.807) is 12.1 Å². The second-order valence-electron chi connectivity index (χ2n) is 3.74. The highest BCUT2D eigenvalue weighted by Gasteiger charge is 2.15. The summed E-state index contributed by atoms with van der Waals surface area (Å²) in [6.45, 7) is 7.21. The van der Waals surface area contributed by atoms with Crippen LogP contribution in [0.4, 0.5) is 11.4 Å². The van der Waals surface area contributed by atoms with Gasteiger partial charge in [-0.05, 0) is 19.1 Å². The number of methoxy groups -OCH3 is 1. The van der Waals surface area contributed by atoms with Crippen molar-refractivity contribution in [3.05, 3.63) is 40.5 Å². The summed E-state index contributed by atoms with van der Waals surface area (Å²) in [4.78, 5) is 10.6. The fourth-order valence-electron chi connectivity index (χ4n) is 1.53. The van der Waals surface area contributed by atoms with Gasteiger partial charge in [-0.1, -0.05) is 6.58 Å². The SMILES string of the molecule is C=C(OC)c1ccc(NCCOCC)c([N+](=O)[O-])c1. The lowest BCUT2D eigenvalue weighted by Gasteiger charge is -2.09. The van der Waals surface area contributed by atoms with Gasteiger partial charge in [-0.25, -0.2) is 0 Å². The predicted molar refractivity (Wildman–Crippen MR) is 74.1 cm³/mol. The van der Waals surface area contributed by atoms with Crippen molar-refractivity contribution in [3.63, 3.8) is 0 Å². The fraction of sp³-hybridized carbons (Fsp3) is 0.385. The zero-order valence-electron chi connectivity index (χ0n) is 11.1. The monoisotopic (exact) mass is 266 g/mol. The summed E-state index contributed by atoms with van der Waals surface area (Å²) in [5.41, 5.74) is 1.04. The number of nitrogens with one attached hydrogen (secondary N) is 1. The molecule has 6 nitrogen and oxygen atoms in total. The lowest BCUT2D eigenvalue weighted by molar-refractivity contribution is -0.384. The molecule has 0 spiro atoms. The first kappa shape index (κ1) is 15.0. The van der Waals surface area contributed by atoms with E-state index in [0.717, 1.165) is 0 Å². The molecule has 0 aliphatic heterocycles. The van der Waals surface area contributed by atoms with Gasteiger partial charge < -0.3 is 14.8 Å². The lowest BCUT2D eigenvalue weighted by atomic mass is 10.1. The van der Waals surface area contributed by atoms with Crippen molar-refractivity contribution in [1.29, 1.82) is 0 Å². The minimum absolute atomic E-state index is 0.00722. The first-order chi connectivity index (χ1) is 9.10. The van der Waals surface area contributed by atoms with E-state index in [2.05, 4.69) is 11.9 Å². The number of anilines is 1. The normalized spacial score (nSPS) is 10.0. The maximum absolute atomic E-state index is 11.0. The fourth-order valence-corrected chi connectivity index (χ4v) is 1.53. The Morgan fingerprint density at radius 1 is 1.53 bits per heavy atom. The van der Waals surface area contributed by atoms with Crippen LogP contribution >= 0.6 is 0 Å². The van der Waals surface area contributed by atoms with E-state index in [1.165, 1.54) is 13.2 Å². The first-order valence-electron chi connectivity index (χ1n) is 5.93. The lowest BCUT2D eigenvalue weighted by Crippen LogP contribution is -2.10. The van der Waals surface area contributed by atoms with Crippen molar-refractivity contribution < 1.29 is 14.4 Å². The maximum atomic E-state index is 11.0. The maximum Gasteiger partial charge on any atom is 0.293 e. The number of rotatable bonds is 8. The van der Waals surface area contributed by atoms with Crippen LogP contribution in [0.2, 0.25) is 0 Å². The third kappa shape index (κ3) is 4.26. The Bertz CT molecular complexity index is 460. The molecule has 0 unspecified atom stereocenters. The van der Waals surface area contributed by atoms with Crippen LogP contribution in [0, 0.1) is 10.1 Å². The molecule has 0 aliphatic carbocycles. The van der Waals surface area contributed by atoms with E-state index >= 15 is 0 Å². The summed E-state index contributed by atoms with van der Waals surface area (Å²) in [7, 11) is 1.47. The first-order valence-corrected chi connectivity index (χ1v) is 5.93. The van der Waals surface area contributed by atoms with Gasteiger partial charge in [0.1, 0.15) is 11.4 Å². The molecule has 0 aliphatic rings. The molecular formula is C13H18N2O4. The van der Waals surface area contributed by atoms with E-state index in [4.69, 9.17) is 9.47 Å². The molecule has 0 bridgehead atoms. The van der Waals surface area contributed by atoms with Crippen molar-refractivity contribution in [3.8, 4) is 0 Å². The van der Waals surface area contributed by atoms with Crippen molar-refractivity contribution >= 4 is 17.1 Å². The molecule has 1 aromatic rings. The molecular weight excluding hydrogens is 248 g/mol. The highest BCUT2D eigenvalue weighted by atomic mass is 16.6. The smallest absolute Gasteiger partial charge is 0.293 e. The minimum atomic E-state index is -0.435. The topological polar surface area (TPSA) is 73.6 Å². The number of hydrogen-bond acceptors (Lipinski definition) is 5. The van der Waals surface area contributed by atoms with Crippen LogP contribution in [0.15, 0.2) is 24.8 Å². The van der Waals surface area contributed by atoms with Gasteiger partial charge in [0.2, 0.25) is 0 Å². The molecule has 0 heterocycles. The van der Waals surface area contributed by atoms with Crippen LogP contribution in [0.1, 0.15) is 12.5 Å². The van der Waals surface area contributed by atoms with Crippen LogP contribution in [0.5, 0.6) is 0 Å². The van der Waals surface area contributed by atoms with Crippen molar-refractivity contribution in [2.45, 2.75) is 6.92 Å². The highest BCUT2D eigenvalue weighted by molar-refractivity contribution is 5.69. The van der Waals surface area contributed by atoms with Crippen molar-refractivity contribution in [2.75, 3.05) is 32.2 Å². The molecule has 0 radical (unpaired) electrons. The van der Waals surface area contributed by atoms with E-state index in [1.807, 2.05) is 6.92 Å². The molecule has 0 amide bonds. The van der Waals surface area contributed by atoms with E-state index < -0.39 is 4.92 Å². The van der Waals surface area contributed by atoms with Gasteiger partial charge in [0.25, 0.3) is 5.69 Å². The second-order valence-corrected chi connectivity index (χ2v) is 3.74. The average molecular weight is 266 g/mol. The van der Waals surface area contributed by atoms with Crippen LogP contribution in [-0.4, -0.2) is 31.8 Å². The van der Waals surface area contributed by atoms with Gasteiger partial charge >= 0.3 is 0 Å². The molecule has 6 heteroatoms. The van der Waals surface area contributed by atoms with Crippen LogP contribution < -0.4 is 5.32 Å². The molecule has 0 saturated heterocycles. The summed E-state index contributed by atoms with van der Waals surface area (Å²) in [6.07, 6.45) is 0. The molecule has 1 N–H and O–H groups in total. The zero-order chi connectivity index (χ0) is 14.3. The Labute approximate surface area is 112 Å². The van der Waals surface area contributed by atoms with Crippen molar-refractivity contribution in [1.82, 2.24) is 0 Å². The quantitative estimate of drug-likeness (QED) is 0.339. The third-order valence-electron chi connectivity index (χ3n) is 2.53. The predicted octanol–water partition coefficient (Wildman–Crippen LogP) is 2.66. The molecule has 19 heavy (non-hydrogen) atoms. The molecule has 0 aromatic heterocycles. The largest absolute Gasteiger partial charge is 0.497 e. The summed E-state index contributed by atoms with van der Waals surface area (Å²) in [5, 5.41) is 14.0. The standard InChI is InChI=1S/C13H18N2O4/c1-4-19-8-7-14-12-6-5-11(10(2)18-3)9-13(12)15(16)17/h5-6,9,14H,2,4,7-8H2,1,3H3. The van der Waals surface area contributed by atoms with Crippen LogP contribution in [-0.2, 0) is 9.47 Å². The summed E-state index contributed by atoms with van der Waals surface area (Å²) >= 11 is 0. The average Bonchev–Trinajstić information content (AvgIpc) is 2.42. The van der Waals surface area contributed by atoms with E-state index in [-0.39, 0.29) is 5.69 Å². The molecule has 1 rings (SSSR count). The Kier molecular flexibility index (Phi) is 5.81. The molecule has 0 atom stereocenters. The number of hydrogen-bond donors (Lipinski definition) is 1. The summed E-state index contributed by atoms with van der Waals surface area (Å²) < 4.78 is 10.1. The number of ether oxygens (including phenoxy) is 2. The van der Waals surface area contributed by atoms with E-state index in [0.29, 0.717) is 36.8 Å². The van der Waals surface area contributed by atoms with Crippen LogP contribution in [0.3, 0.4) is 0 Å². The molecule has 0 fully saturated rings.